The third-order valence-electron chi connectivity index (χ3n) is 6.66. The van der Waals surface area contributed by atoms with Crippen LogP contribution >= 0.6 is 23.1 Å². The van der Waals surface area contributed by atoms with Gasteiger partial charge in [0.25, 0.3) is 5.91 Å². The maximum absolute atomic E-state index is 13.9. The highest BCUT2D eigenvalue weighted by Gasteiger charge is 2.27. The Balaban J connectivity index is 1.41. The SMILES string of the molecule is CCOC(=O)c1c(-c2ccc(C)cc2)csc1NC(=O)C(Sc1cccc(NC(=O)c2ccc(F)cc2)c1)c1ccccc1. The molecule has 44 heavy (non-hydrogen) atoms. The number of halogens is 1. The fourth-order valence-electron chi connectivity index (χ4n) is 4.47. The van der Waals surface area contributed by atoms with Crippen molar-refractivity contribution in [3.05, 3.63) is 137 Å². The molecule has 0 fully saturated rings. The number of nitrogens with one attached hydrogen (secondary N) is 2. The van der Waals surface area contributed by atoms with Gasteiger partial charge in [0.15, 0.2) is 0 Å². The van der Waals surface area contributed by atoms with E-state index < -0.39 is 17.0 Å². The summed E-state index contributed by atoms with van der Waals surface area (Å²) < 4.78 is 18.7. The van der Waals surface area contributed by atoms with Crippen LogP contribution in [0.25, 0.3) is 11.1 Å². The molecule has 4 aromatic carbocycles. The number of rotatable bonds is 10. The summed E-state index contributed by atoms with van der Waals surface area (Å²) in [6.45, 7) is 3.93. The largest absolute Gasteiger partial charge is 0.462 e. The molecule has 0 bridgehead atoms. The lowest BCUT2D eigenvalue weighted by Gasteiger charge is -2.18. The second-order valence-corrected chi connectivity index (χ2v) is 11.9. The Labute approximate surface area is 263 Å². The summed E-state index contributed by atoms with van der Waals surface area (Å²) in [6.07, 6.45) is 0. The Morgan fingerprint density at radius 2 is 1.61 bits per heavy atom. The number of thioether (sulfide) groups is 1. The van der Waals surface area contributed by atoms with E-state index in [-0.39, 0.29) is 18.4 Å². The van der Waals surface area contributed by atoms with Crippen LogP contribution in [0.4, 0.5) is 15.1 Å². The first-order valence-corrected chi connectivity index (χ1v) is 15.6. The molecular weight excluding hydrogens is 596 g/mol. The van der Waals surface area contributed by atoms with E-state index in [0.29, 0.717) is 27.4 Å². The summed E-state index contributed by atoms with van der Waals surface area (Å²) in [7, 11) is 0. The summed E-state index contributed by atoms with van der Waals surface area (Å²) in [5.74, 6) is -1.62. The van der Waals surface area contributed by atoms with Gasteiger partial charge < -0.3 is 15.4 Å². The minimum atomic E-state index is -0.681. The van der Waals surface area contributed by atoms with Gasteiger partial charge in [-0.15, -0.1) is 23.1 Å². The van der Waals surface area contributed by atoms with E-state index in [1.165, 1.54) is 47.4 Å². The molecular formula is C35H29FN2O4S2. The van der Waals surface area contributed by atoms with Gasteiger partial charge in [-0.3, -0.25) is 9.59 Å². The Bertz CT molecular complexity index is 1770. The van der Waals surface area contributed by atoms with Crippen molar-refractivity contribution in [1.29, 1.82) is 0 Å². The Morgan fingerprint density at radius 3 is 2.32 bits per heavy atom. The number of hydrogen-bond donors (Lipinski definition) is 2. The molecule has 9 heteroatoms. The van der Waals surface area contributed by atoms with Crippen molar-refractivity contribution in [2.75, 3.05) is 17.2 Å². The predicted octanol–water partition coefficient (Wildman–Crippen LogP) is 8.76. The molecule has 6 nitrogen and oxygen atoms in total. The molecule has 0 aliphatic rings. The average Bonchev–Trinajstić information content (AvgIpc) is 3.44. The highest BCUT2D eigenvalue weighted by molar-refractivity contribution is 8.00. The highest BCUT2D eigenvalue weighted by atomic mass is 32.2. The number of ether oxygens (including phenoxy) is 1. The van der Waals surface area contributed by atoms with Crippen molar-refractivity contribution in [3.63, 3.8) is 0 Å². The summed E-state index contributed by atoms with van der Waals surface area (Å²) in [6, 6.07) is 29.6. The summed E-state index contributed by atoms with van der Waals surface area (Å²) in [4.78, 5) is 40.5. The van der Waals surface area contributed by atoms with Gasteiger partial charge in [0.2, 0.25) is 5.91 Å². The van der Waals surface area contributed by atoms with Crippen LogP contribution < -0.4 is 10.6 Å². The summed E-state index contributed by atoms with van der Waals surface area (Å²) in [5.41, 5.74) is 4.57. The van der Waals surface area contributed by atoms with Crippen LogP contribution in [0.15, 0.2) is 113 Å². The van der Waals surface area contributed by atoms with Crippen LogP contribution in [0.1, 0.15) is 44.0 Å². The summed E-state index contributed by atoms with van der Waals surface area (Å²) in [5, 5.41) is 7.41. The molecule has 0 spiro atoms. The molecule has 2 amide bonds. The van der Waals surface area contributed by atoms with E-state index in [1.807, 2.05) is 73.0 Å². The lowest BCUT2D eigenvalue weighted by atomic mass is 10.0. The lowest BCUT2D eigenvalue weighted by Crippen LogP contribution is -2.20. The highest BCUT2D eigenvalue weighted by Crippen LogP contribution is 2.40. The van der Waals surface area contributed by atoms with E-state index in [1.54, 1.807) is 25.1 Å². The number of carbonyl (C=O) groups is 3. The second-order valence-electron chi connectivity index (χ2n) is 9.83. The van der Waals surface area contributed by atoms with Crippen LogP contribution in [0.3, 0.4) is 0 Å². The van der Waals surface area contributed by atoms with Crippen molar-refractivity contribution in [3.8, 4) is 11.1 Å². The van der Waals surface area contributed by atoms with Crippen molar-refractivity contribution < 1.29 is 23.5 Å². The van der Waals surface area contributed by atoms with Gasteiger partial charge in [-0.05, 0) is 67.4 Å². The van der Waals surface area contributed by atoms with Crippen molar-refractivity contribution in [1.82, 2.24) is 0 Å². The lowest BCUT2D eigenvalue weighted by molar-refractivity contribution is -0.115. The minimum absolute atomic E-state index is 0.200. The Kier molecular flexibility index (Phi) is 9.89. The number of aryl methyl sites for hydroxylation is 1. The van der Waals surface area contributed by atoms with Crippen molar-refractivity contribution in [2.24, 2.45) is 0 Å². The fourth-order valence-corrected chi connectivity index (χ4v) is 6.51. The number of carbonyl (C=O) groups excluding carboxylic acids is 3. The van der Waals surface area contributed by atoms with E-state index in [9.17, 15) is 18.8 Å². The molecule has 2 N–H and O–H groups in total. The number of thiophene rings is 1. The van der Waals surface area contributed by atoms with Gasteiger partial charge in [0.05, 0.1) is 6.61 Å². The second kappa shape index (κ2) is 14.2. The van der Waals surface area contributed by atoms with E-state index in [0.717, 1.165) is 21.6 Å². The summed E-state index contributed by atoms with van der Waals surface area (Å²) >= 11 is 2.58. The van der Waals surface area contributed by atoms with Crippen LogP contribution in [-0.2, 0) is 9.53 Å². The first kappa shape index (κ1) is 30.7. The Hall–Kier alpha value is -4.73. The fraction of sp³-hybridized carbons (Fsp3) is 0.114. The predicted molar refractivity (Wildman–Crippen MR) is 175 cm³/mol. The van der Waals surface area contributed by atoms with Gasteiger partial charge in [-0.25, -0.2) is 9.18 Å². The van der Waals surface area contributed by atoms with Crippen molar-refractivity contribution >= 4 is 51.6 Å². The zero-order valence-corrected chi connectivity index (χ0v) is 25.6. The first-order chi connectivity index (χ1) is 21.3. The maximum Gasteiger partial charge on any atom is 0.341 e. The molecule has 5 rings (SSSR count). The number of benzene rings is 4. The minimum Gasteiger partial charge on any atom is -0.462 e. The van der Waals surface area contributed by atoms with Gasteiger partial charge in [0.1, 0.15) is 21.6 Å². The van der Waals surface area contributed by atoms with E-state index in [2.05, 4.69) is 10.6 Å². The van der Waals surface area contributed by atoms with E-state index in [4.69, 9.17) is 4.74 Å². The van der Waals surface area contributed by atoms with Crippen LogP contribution in [0, 0.1) is 12.7 Å². The van der Waals surface area contributed by atoms with Crippen LogP contribution in [0.2, 0.25) is 0 Å². The number of anilines is 2. The molecule has 0 aliphatic heterocycles. The molecule has 0 saturated carbocycles. The van der Waals surface area contributed by atoms with E-state index >= 15 is 0 Å². The van der Waals surface area contributed by atoms with Crippen LogP contribution in [0.5, 0.6) is 0 Å². The van der Waals surface area contributed by atoms with Crippen molar-refractivity contribution in [2.45, 2.75) is 24.0 Å². The zero-order valence-electron chi connectivity index (χ0n) is 24.0. The zero-order chi connectivity index (χ0) is 31.1. The molecule has 1 unspecified atom stereocenters. The third-order valence-corrected chi connectivity index (χ3v) is 8.81. The number of esters is 1. The molecule has 0 radical (unpaired) electrons. The normalized spacial score (nSPS) is 11.4. The van der Waals surface area contributed by atoms with Gasteiger partial charge in [-0.2, -0.15) is 0 Å². The molecule has 5 aromatic rings. The Morgan fingerprint density at radius 1 is 0.886 bits per heavy atom. The van der Waals surface area contributed by atoms with Gasteiger partial charge >= 0.3 is 5.97 Å². The van der Waals surface area contributed by atoms with Crippen LogP contribution in [-0.4, -0.2) is 24.4 Å². The quantitative estimate of drug-likeness (QED) is 0.120. The van der Waals surface area contributed by atoms with Gasteiger partial charge in [-0.1, -0.05) is 66.2 Å². The number of hydrogen-bond acceptors (Lipinski definition) is 6. The monoisotopic (exact) mass is 624 g/mol. The number of amides is 2. The smallest absolute Gasteiger partial charge is 0.341 e. The first-order valence-electron chi connectivity index (χ1n) is 13.9. The molecule has 1 heterocycles. The molecule has 222 valence electrons. The van der Waals surface area contributed by atoms with Gasteiger partial charge in [0, 0.05) is 27.1 Å². The third kappa shape index (κ3) is 7.42. The topological polar surface area (TPSA) is 84.5 Å². The average molecular weight is 625 g/mol. The molecule has 0 saturated heterocycles. The molecule has 1 atom stereocenters. The molecule has 1 aromatic heterocycles. The molecule has 0 aliphatic carbocycles. The maximum atomic E-state index is 13.9. The standard InChI is InChI=1S/C35H29FN2O4S2/c1-3-42-35(41)30-29(23-14-12-22(2)13-15-23)21-43-34(30)38-33(40)31(24-8-5-4-6-9-24)44-28-11-7-10-27(20-28)37-32(39)25-16-18-26(36)19-17-25/h4-21,31H,3H2,1-2H3,(H,37,39)(H,38,40).